The zero-order valence-corrected chi connectivity index (χ0v) is 12.1. The molecule has 0 atom stereocenters. The van der Waals surface area contributed by atoms with Crippen molar-refractivity contribution in [2.75, 3.05) is 5.32 Å². The molecule has 0 unspecified atom stereocenters. The van der Waals surface area contributed by atoms with E-state index in [2.05, 4.69) is 21.2 Å². The summed E-state index contributed by atoms with van der Waals surface area (Å²) in [5, 5.41) is 21.7. The maximum absolute atomic E-state index is 11.6. The molecule has 0 spiro atoms. The summed E-state index contributed by atoms with van der Waals surface area (Å²) in [4.78, 5) is 32.0. The van der Waals surface area contributed by atoms with Gasteiger partial charge in [0.25, 0.3) is 5.69 Å². The number of hydrogen-bond acceptors (Lipinski definition) is 4. The summed E-state index contributed by atoms with van der Waals surface area (Å²) < 4.78 is 0.283. The zero-order valence-electron chi connectivity index (χ0n) is 10.5. The van der Waals surface area contributed by atoms with Gasteiger partial charge in [-0.25, -0.2) is 0 Å². The van der Waals surface area contributed by atoms with Crippen LogP contribution >= 0.6 is 15.9 Å². The molecule has 2 N–H and O–H groups in total. The molecule has 0 saturated heterocycles. The fourth-order valence-electron chi connectivity index (χ4n) is 1.52. The number of amides is 1. The number of benzene rings is 1. The number of rotatable bonds is 7. The molecule has 1 rings (SSSR count). The highest BCUT2D eigenvalue weighted by atomic mass is 79.9. The number of anilines is 1. The number of carboxylic acids is 1. The van der Waals surface area contributed by atoms with Crippen LogP contribution in [0.15, 0.2) is 22.7 Å². The third-order valence-electron chi connectivity index (χ3n) is 2.47. The van der Waals surface area contributed by atoms with Crippen molar-refractivity contribution in [3.8, 4) is 0 Å². The van der Waals surface area contributed by atoms with Crippen molar-refractivity contribution < 1.29 is 19.6 Å². The molecule has 0 aliphatic heterocycles. The normalized spacial score (nSPS) is 10.1. The van der Waals surface area contributed by atoms with Gasteiger partial charge in [0.05, 0.1) is 9.40 Å². The maximum atomic E-state index is 11.6. The Balaban J connectivity index is 2.48. The first-order valence-electron chi connectivity index (χ1n) is 5.85. The quantitative estimate of drug-likeness (QED) is 0.449. The Morgan fingerprint density at radius 1 is 1.30 bits per heavy atom. The second-order valence-corrected chi connectivity index (χ2v) is 4.93. The molecule has 108 valence electrons. The van der Waals surface area contributed by atoms with Crippen LogP contribution in [0.5, 0.6) is 0 Å². The van der Waals surface area contributed by atoms with Gasteiger partial charge >= 0.3 is 5.97 Å². The summed E-state index contributed by atoms with van der Waals surface area (Å²) in [6.07, 6.45) is 1.16. The SMILES string of the molecule is O=C(O)CCCCC(=O)Nc1ccc([N+](=O)[O-])c(Br)c1. The number of hydrogen-bond donors (Lipinski definition) is 2. The van der Waals surface area contributed by atoms with Crippen LogP contribution in [0.1, 0.15) is 25.7 Å². The summed E-state index contributed by atoms with van der Waals surface area (Å²) in [5.41, 5.74) is 0.371. The Bertz CT molecular complexity index is 533. The Morgan fingerprint density at radius 3 is 2.50 bits per heavy atom. The molecule has 1 aromatic rings. The minimum atomic E-state index is -0.885. The van der Waals surface area contributed by atoms with Crippen LogP contribution < -0.4 is 5.32 Å². The van der Waals surface area contributed by atoms with Crippen LogP contribution in [0.25, 0.3) is 0 Å². The molecule has 0 aromatic heterocycles. The van der Waals surface area contributed by atoms with Crippen molar-refractivity contribution in [3.05, 3.63) is 32.8 Å². The minimum absolute atomic E-state index is 0.0381. The zero-order chi connectivity index (χ0) is 15.1. The predicted molar refractivity (Wildman–Crippen MR) is 75.5 cm³/mol. The van der Waals surface area contributed by atoms with E-state index in [0.29, 0.717) is 18.5 Å². The van der Waals surface area contributed by atoms with Crippen molar-refractivity contribution in [3.63, 3.8) is 0 Å². The number of nitrogens with zero attached hydrogens (tertiary/aromatic N) is 1. The molecule has 0 bridgehead atoms. The van der Waals surface area contributed by atoms with Gasteiger partial charge in [0.1, 0.15) is 0 Å². The van der Waals surface area contributed by atoms with Gasteiger partial charge in [0.2, 0.25) is 5.91 Å². The second-order valence-electron chi connectivity index (χ2n) is 4.07. The average Bonchev–Trinajstić information content (AvgIpc) is 2.34. The van der Waals surface area contributed by atoms with E-state index in [1.807, 2.05) is 0 Å². The third-order valence-corrected chi connectivity index (χ3v) is 3.11. The Labute approximate surface area is 123 Å². The fourth-order valence-corrected chi connectivity index (χ4v) is 2.04. The fraction of sp³-hybridized carbons (Fsp3) is 0.333. The number of carboxylic acid groups (broad SMARTS) is 1. The first-order valence-corrected chi connectivity index (χ1v) is 6.65. The predicted octanol–water partition coefficient (Wildman–Crippen LogP) is 2.94. The molecule has 0 aliphatic carbocycles. The van der Waals surface area contributed by atoms with E-state index in [0.717, 1.165) is 0 Å². The van der Waals surface area contributed by atoms with E-state index in [1.54, 1.807) is 0 Å². The monoisotopic (exact) mass is 344 g/mol. The van der Waals surface area contributed by atoms with Crippen molar-refractivity contribution >= 4 is 39.2 Å². The van der Waals surface area contributed by atoms with E-state index in [4.69, 9.17) is 5.11 Å². The molecule has 1 aromatic carbocycles. The van der Waals surface area contributed by atoms with Gasteiger partial charge in [-0.3, -0.25) is 19.7 Å². The highest BCUT2D eigenvalue weighted by Crippen LogP contribution is 2.27. The van der Waals surface area contributed by atoms with Crippen LogP contribution in [-0.2, 0) is 9.59 Å². The van der Waals surface area contributed by atoms with Crippen molar-refractivity contribution in [2.24, 2.45) is 0 Å². The number of unbranched alkanes of at least 4 members (excludes halogenated alkanes) is 1. The Morgan fingerprint density at radius 2 is 1.95 bits per heavy atom. The van der Waals surface area contributed by atoms with Gasteiger partial charge in [-0.2, -0.15) is 0 Å². The molecule has 1 amide bonds. The Hall–Kier alpha value is -1.96. The summed E-state index contributed by atoms with van der Waals surface area (Å²) in [6, 6.07) is 4.19. The number of carbonyl (C=O) groups excluding carboxylic acids is 1. The smallest absolute Gasteiger partial charge is 0.303 e. The first kappa shape index (κ1) is 16.1. The van der Waals surface area contributed by atoms with Crippen LogP contribution in [0.4, 0.5) is 11.4 Å². The van der Waals surface area contributed by atoms with E-state index >= 15 is 0 Å². The molecule has 0 heterocycles. The van der Waals surface area contributed by atoms with Crippen molar-refractivity contribution in [1.29, 1.82) is 0 Å². The summed E-state index contributed by atoms with van der Waals surface area (Å²) in [7, 11) is 0. The lowest BCUT2D eigenvalue weighted by Crippen LogP contribution is -2.11. The van der Waals surface area contributed by atoms with E-state index < -0.39 is 10.9 Å². The van der Waals surface area contributed by atoms with E-state index in [9.17, 15) is 19.7 Å². The number of nitro benzene ring substituents is 1. The summed E-state index contributed by atoms with van der Waals surface area (Å²) in [5.74, 6) is -1.14. The van der Waals surface area contributed by atoms with Crippen molar-refractivity contribution in [1.82, 2.24) is 0 Å². The van der Waals surface area contributed by atoms with Gasteiger partial charge in [-0.15, -0.1) is 0 Å². The lowest BCUT2D eigenvalue weighted by Gasteiger charge is -2.05. The number of halogens is 1. The van der Waals surface area contributed by atoms with Crippen LogP contribution in [0.2, 0.25) is 0 Å². The molecule has 0 fully saturated rings. The van der Waals surface area contributed by atoms with Gasteiger partial charge < -0.3 is 10.4 Å². The molecular weight excluding hydrogens is 332 g/mol. The maximum Gasteiger partial charge on any atom is 0.303 e. The van der Waals surface area contributed by atoms with E-state index in [-0.39, 0.29) is 28.9 Å². The topological polar surface area (TPSA) is 110 Å². The highest BCUT2D eigenvalue weighted by Gasteiger charge is 2.12. The van der Waals surface area contributed by atoms with Crippen LogP contribution in [0.3, 0.4) is 0 Å². The molecule has 8 heteroatoms. The molecule has 7 nitrogen and oxygen atoms in total. The number of carbonyl (C=O) groups is 2. The molecular formula is C12H13BrN2O5. The number of nitro groups is 1. The lowest BCUT2D eigenvalue weighted by molar-refractivity contribution is -0.385. The van der Waals surface area contributed by atoms with Crippen LogP contribution in [0, 0.1) is 10.1 Å². The van der Waals surface area contributed by atoms with Crippen molar-refractivity contribution in [2.45, 2.75) is 25.7 Å². The summed E-state index contributed by atoms with van der Waals surface area (Å²) >= 11 is 3.06. The minimum Gasteiger partial charge on any atom is -0.481 e. The number of aliphatic carboxylic acids is 1. The summed E-state index contributed by atoms with van der Waals surface area (Å²) in [6.45, 7) is 0. The standard InChI is InChI=1S/C12H13BrN2O5/c13-9-7-8(5-6-10(9)15(19)20)14-11(16)3-1-2-4-12(17)18/h5-7H,1-4H2,(H,14,16)(H,17,18). The number of nitrogens with one attached hydrogen (secondary N) is 1. The van der Waals surface area contributed by atoms with Gasteiger partial charge in [0.15, 0.2) is 0 Å². The second kappa shape index (κ2) is 7.59. The Kier molecular flexibility index (Phi) is 6.10. The third kappa shape index (κ3) is 5.35. The lowest BCUT2D eigenvalue weighted by atomic mass is 10.2. The van der Waals surface area contributed by atoms with Crippen LogP contribution in [-0.4, -0.2) is 21.9 Å². The van der Waals surface area contributed by atoms with Gasteiger partial charge in [-0.1, -0.05) is 0 Å². The van der Waals surface area contributed by atoms with Gasteiger partial charge in [-0.05, 0) is 40.9 Å². The molecule has 0 aliphatic rings. The molecule has 20 heavy (non-hydrogen) atoms. The largest absolute Gasteiger partial charge is 0.481 e. The molecule has 0 radical (unpaired) electrons. The van der Waals surface area contributed by atoms with E-state index in [1.165, 1.54) is 18.2 Å². The average molecular weight is 345 g/mol. The van der Waals surface area contributed by atoms with Gasteiger partial charge in [0, 0.05) is 24.6 Å². The molecule has 0 saturated carbocycles. The first-order chi connectivity index (χ1) is 9.40. The highest BCUT2D eigenvalue weighted by molar-refractivity contribution is 9.10.